The lowest BCUT2D eigenvalue weighted by Gasteiger charge is -2.55. The van der Waals surface area contributed by atoms with Crippen LogP contribution in [0.3, 0.4) is 0 Å². The monoisotopic (exact) mass is 172 g/mol. The third-order valence-electron chi connectivity index (χ3n) is 3.53. The first-order valence-corrected chi connectivity index (χ1v) is 4.44. The van der Waals surface area contributed by atoms with Crippen LogP contribution < -0.4 is 5.32 Å². The van der Waals surface area contributed by atoms with Crippen LogP contribution in [0, 0.1) is 5.41 Å². The van der Waals surface area contributed by atoms with E-state index in [0.717, 1.165) is 32.8 Å². The van der Waals surface area contributed by atoms with E-state index in [9.17, 15) is 0 Å². The fourth-order valence-corrected chi connectivity index (χ4v) is 3.31. The zero-order valence-corrected chi connectivity index (χ0v) is 7.23. The Bertz CT molecular complexity index is 199. The fraction of sp³-hybridized carbons (Fsp3) is 1.00. The topological polar surface area (TPSA) is 24.5 Å². The number of thiol groups is 1. The molecule has 0 aliphatic carbocycles. The third-order valence-corrected chi connectivity index (χ3v) is 4.06. The molecule has 0 bridgehead atoms. The van der Waals surface area contributed by atoms with Crippen molar-refractivity contribution in [2.24, 2.45) is 5.41 Å². The highest BCUT2D eigenvalue weighted by atomic mass is 32.1. The highest BCUT2D eigenvalue weighted by molar-refractivity contribution is 7.77. The first-order valence-electron chi connectivity index (χ1n) is 4.04. The maximum atomic E-state index is 5.52. The largest absolute Gasteiger partial charge is 0.379 e. The Morgan fingerprint density at radius 1 is 1.36 bits per heavy atom. The fourth-order valence-electron chi connectivity index (χ4n) is 2.70. The molecule has 3 saturated heterocycles. The van der Waals surface area contributed by atoms with Gasteiger partial charge in [-0.3, -0.25) is 0 Å². The van der Waals surface area contributed by atoms with E-state index in [0.29, 0.717) is 5.41 Å². The molecule has 0 spiro atoms. The lowest BCUT2D eigenvalue weighted by molar-refractivity contribution is -0.00708. The van der Waals surface area contributed by atoms with Gasteiger partial charge in [-0.2, -0.15) is 0 Å². The Balaban J connectivity index is 2.04. The third kappa shape index (κ3) is 0.528. The van der Waals surface area contributed by atoms with E-state index in [2.05, 4.69) is 22.4 Å². The van der Waals surface area contributed by atoms with Crippen LogP contribution in [0.4, 0.5) is 0 Å². The molecule has 1 N–H and O–H groups in total. The number of nitrogens with zero attached hydrogens (tertiary/aromatic N) is 1. The quantitative estimate of drug-likeness (QED) is 0.482. The molecular formula is C7H12N2OS. The Morgan fingerprint density at radius 3 is 3.00 bits per heavy atom. The summed E-state index contributed by atoms with van der Waals surface area (Å²) in [5, 5.41) is 3.43. The van der Waals surface area contributed by atoms with Gasteiger partial charge in [-0.05, 0) is 0 Å². The van der Waals surface area contributed by atoms with Crippen LogP contribution in [0.1, 0.15) is 0 Å². The van der Waals surface area contributed by atoms with Gasteiger partial charge in [-0.1, -0.05) is 12.8 Å². The molecule has 2 unspecified atom stereocenters. The van der Waals surface area contributed by atoms with Crippen molar-refractivity contribution in [2.45, 2.75) is 5.54 Å². The van der Waals surface area contributed by atoms with Gasteiger partial charge in [0.05, 0.1) is 18.8 Å². The normalized spacial score (nSPS) is 55.4. The van der Waals surface area contributed by atoms with E-state index in [-0.39, 0.29) is 5.54 Å². The van der Waals surface area contributed by atoms with Crippen LogP contribution in [0.15, 0.2) is 0 Å². The van der Waals surface area contributed by atoms with Gasteiger partial charge in [0.25, 0.3) is 0 Å². The van der Waals surface area contributed by atoms with Crippen molar-refractivity contribution in [1.82, 2.24) is 9.62 Å². The van der Waals surface area contributed by atoms with Crippen molar-refractivity contribution in [2.75, 3.05) is 32.8 Å². The first kappa shape index (κ1) is 6.71. The average molecular weight is 172 g/mol. The SMILES string of the molecule is SN1CC23CNCC12COC3. The minimum absolute atomic E-state index is 0.246. The summed E-state index contributed by atoms with van der Waals surface area (Å²) < 4.78 is 7.66. The van der Waals surface area contributed by atoms with Crippen molar-refractivity contribution in [3.8, 4) is 0 Å². The molecule has 0 amide bonds. The zero-order valence-electron chi connectivity index (χ0n) is 6.34. The van der Waals surface area contributed by atoms with Crippen LogP contribution in [-0.2, 0) is 4.74 Å². The molecule has 0 aromatic carbocycles. The Labute approximate surface area is 71.6 Å². The average Bonchev–Trinajstić information content (AvgIpc) is 2.34. The summed E-state index contributed by atoms with van der Waals surface area (Å²) in [6, 6.07) is 0. The molecule has 62 valence electrons. The van der Waals surface area contributed by atoms with Gasteiger partial charge in [0, 0.05) is 25.0 Å². The molecule has 3 aliphatic rings. The van der Waals surface area contributed by atoms with Crippen LogP contribution in [0.2, 0.25) is 0 Å². The van der Waals surface area contributed by atoms with Crippen molar-refractivity contribution in [1.29, 1.82) is 0 Å². The standard InChI is InChI=1S/C7H12N2OS/c11-9-3-6-1-8-2-7(6,9)5-10-4-6/h8,11H,1-5H2. The summed E-state index contributed by atoms with van der Waals surface area (Å²) in [4.78, 5) is 0. The molecule has 3 aliphatic heterocycles. The highest BCUT2D eigenvalue weighted by Gasteiger charge is 2.69. The second kappa shape index (κ2) is 1.76. The second-order valence-electron chi connectivity index (χ2n) is 3.97. The maximum Gasteiger partial charge on any atom is 0.0771 e. The van der Waals surface area contributed by atoms with Gasteiger partial charge in [-0.25, -0.2) is 4.31 Å². The van der Waals surface area contributed by atoms with E-state index in [1.165, 1.54) is 0 Å². The molecule has 3 nitrogen and oxygen atoms in total. The summed E-state index contributed by atoms with van der Waals surface area (Å²) in [6.45, 7) is 5.05. The minimum atomic E-state index is 0.246. The summed E-state index contributed by atoms with van der Waals surface area (Å²) in [5.74, 6) is 0. The Kier molecular flexibility index (Phi) is 1.08. The molecule has 3 fully saturated rings. The summed E-state index contributed by atoms with van der Waals surface area (Å²) >= 11 is 4.43. The molecule has 0 radical (unpaired) electrons. The summed E-state index contributed by atoms with van der Waals surface area (Å²) in [5.41, 5.74) is 0.658. The van der Waals surface area contributed by atoms with E-state index in [1.807, 2.05) is 0 Å². The second-order valence-corrected chi connectivity index (χ2v) is 4.45. The highest BCUT2D eigenvalue weighted by Crippen LogP contribution is 2.54. The molecule has 0 aromatic heterocycles. The number of hydrogen-bond donors (Lipinski definition) is 2. The van der Waals surface area contributed by atoms with E-state index in [1.54, 1.807) is 0 Å². The van der Waals surface area contributed by atoms with Crippen LogP contribution >= 0.6 is 12.8 Å². The lowest BCUT2D eigenvalue weighted by Crippen LogP contribution is -2.70. The molecule has 11 heavy (non-hydrogen) atoms. The lowest BCUT2D eigenvalue weighted by atomic mass is 9.67. The number of hydrogen-bond acceptors (Lipinski definition) is 4. The smallest absolute Gasteiger partial charge is 0.0771 e. The van der Waals surface area contributed by atoms with Gasteiger partial charge < -0.3 is 10.1 Å². The molecule has 4 heteroatoms. The minimum Gasteiger partial charge on any atom is -0.379 e. The van der Waals surface area contributed by atoms with Crippen LogP contribution in [0.25, 0.3) is 0 Å². The summed E-state index contributed by atoms with van der Waals surface area (Å²) in [7, 11) is 0. The van der Waals surface area contributed by atoms with Gasteiger partial charge in [0.1, 0.15) is 0 Å². The van der Waals surface area contributed by atoms with Gasteiger partial charge in [0.15, 0.2) is 0 Å². The van der Waals surface area contributed by atoms with E-state index < -0.39 is 0 Å². The molecule has 3 rings (SSSR count). The van der Waals surface area contributed by atoms with E-state index >= 15 is 0 Å². The zero-order chi connectivity index (χ0) is 7.53. The molecule has 0 saturated carbocycles. The molecule has 3 heterocycles. The van der Waals surface area contributed by atoms with Crippen molar-refractivity contribution in [3.63, 3.8) is 0 Å². The molecule has 2 atom stereocenters. The predicted octanol–water partition coefficient (Wildman–Crippen LogP) is -0.495. The van der Waals surface area contributed by atoms with Crippen molar-refractivity contribution in [3.05, 3.63) is 0 Å². The van der Waals surface area contributed by atoms with Crippen LogP contribution in [-0.4, -0.2) is 42.7 Å². The van der Waals surface area contributed by atoms with Gasteiger partial charge in [-0.15, -0.1) is 0 Å². The predicted molar refractivity (Wildman–Crippen MR) is 44.5 cm³/mol. The molecular weight excluding hydrogens is 160 g/mol. The van der Waals surface area contributed by atoms with Gasteiger partial charge in [0.2, 0.25) is 0 Å². The van der Waals surface area contributed by atoms with Gasteiger partial charge >= 0.3 is 0 Å². The maximum absolute atomic E-state index is 5.52. The number of rotatable bonds is 0. The van der Waals surface area contributed by atoms with E-state index in [4.69, 9.17) is 4.74 Å². The number of nitrogens with one attached hydrogen (secondary N) is 1. The van der Waals surface area contributed by atoms with Crippen molar-refractivity contribution < 1.29 is 4.74 Å². The molecule has 0 aromatic rings. The Morgan fingerprint density at radius 2 is 2.27 bits per heavy atom. The van der Waals surface area contributed by atoms with Crippen molar-refractivity contribution >= 4 is 12.8 Å². The summed E-state index contributed by atoms with van der Waals surface area (Å²) in [6.07, 6.45) is 0. The van der Waals surface area contributed by atoms with Crippen LogP contribution in [0.5, 0.6) is 0 Å². The number of ether oxygens (including phenoxy) is 1. The first-order chi connectivity index (χ1) is 5.29. The Hall–Kier alpha value is 0.230.